The van der Waals surface area contributed by atoms with E-state index in [4.69, 9.17) is 4.74 Å². The molecular weight excluding hydrogens is 316 g/mol. The molecule has 0 aromatic carbocycles. The highest BCUT2D eigenvalue weighted by molar-refractivity contribution is 6.06. The zero-order valence-electron chi connectivity index (χ0n) is 12.7. The van der Waals surface area contributed by atoms with Gasteiger partial charge in [-0.2, -0.15) is 4.98 Å². The van der Waals surface area contributed by atoms with Crippen LogP contribution in [0.4, 0.5) is 11.6 Å². The minimum absolute atomic E-state index is 0.362. The quantitative estimate of drug-likeness (QED) is 0.582. The normalized spacial score (nSPS) is 31.4. The number of rotatable bonds is 2. The van der Waals surface area contributed by atoms with Crippen LogP contribution in [0.5, 0.6) is 0 Å². The van der Waals surface area contributed by atoms with Crippen molar-refractivity contribution in [3.05, 3.63) is 28.7 Å². The Labute approximate surface area is 135 Å². The van der Waals surface area contributed by atoms with Gasteiger partial charge in [-0.1, -0.05) is 0 Å². The third kappa shape index (κ3) is 1.99. The number of hydrogen-bond donors (Lipinski definition) is 4. The first-order valence-electron chi connectivity index (χ1n) is 7.45. The fourth-order valence-electron chi connectivity index (χ4n) is 3.23. The van der Waals surface area contributed by atoms with Crippen molar-refractivity contribution in [1.82, 2.24) is 9.55 Å². The maximum atomic E-state index is 11.6. The minimum atomic E-state index is -1.63. The van der Waals surface area contributed by atoms with Crippen LogP contribution in [-0.2, 0) is 4.74 Å². The molecule has 2 aliphatic heterocycles. The molecule has 126 valence electrons. The second-order valence-corrected chi connectivity index (χ2v) is 6.10. The molecule has 0 spiro atoms. The summed E-state index contributed by atoms with van der Waals surface area (Å²) in [6.07, 6.45) is -0.0464. The van der Waals surface area contributed by atoms with Crippen LogP contribution in [-0.4, -0.2) is 55.6 Å². The van der Waals surface area contributed by atoms with Crippen LogP contribution in [0, 0.1) is 0 Å². The van der Waals surface area contributed by atoms with Crippen LogP contribution in [0.25, 0.3) is 10.8 Å². The maximum absolute atomic E-state index is 11.6. The Morgan fingerprint density at radius 1 is 1.46 bits per heavy atom. The van der Waals surface area contributed by atoms with E-state index in [-0.39, 0.29) is 5.56 Å². The first-order chi connectivity index (χ1) is 11.4. The molecule has 9 heteroatoms. The third-order valence-electron chi connectivity index (χ3n) is 4.47. The second-order valence-electron chi connectivity index (χ2n) is 6.10. The molecule has 0 radical (unpaired) electrons. The van der Waals surface area contributed by atoms with Gasteiger partial charge in [-0.15, -0.1) is 0 Å². The van der Waals surface area contributed by atoms with Gasteiger partial charge in [0.05, 0.1) is 18.3 Å². The van der Waals surface area contributed by atoms with Crippen LogP contribution in [0.3, 0.4) is 0 Å². The molecule has 9 nitrogen and oxygen atoms in total. The van der Waals surface area contributed by atoms with Gasteiger partial charge in [0.2, 0.25) is 0 Å². The predicted octanol–water partition coefficient (Wildman–Crippen LogP) is -0.517. The van der Waals surface area contributed by atoms with Crippen molar-refractivity contribution in [2.24, 2.45) is 4.99 Å². The first-order valence-corrected chi connectivity index (χ1v) is 7.45. The van der Waals surface area contributed by atoms with Crippen molar-refractivity contribution >= 4 is 28.7 Å². The van der Waals surface area contributed by atoms with Gasteiger partial charge in [0.25, 0.3) is 5.56 Å². The van der Waals surface area contributed by atoms with Crippen molar-refractivity contribution in [2.45, 2.75) is 31.0 Å². The summed E-state index contributed by atoms with van der Waals surface area (Å²) < 4.78 is 7.22. The van der Waals surface area contributed by atoms with E-state index in [9.17, 15) is 20.1 Å². The Kier molecular flexibility index (Phi) is 3.22. The molecule has 0 saturated carbocycles. The Morgan fingerprint density at radius 2 is 2.25 bits per heavy atom. The largest absolute Gasteiger partial charge is 0.394 e. The van der Waals surface area contributed by atoms with Gasteiger partial charge < -0.3 is 29.9 Å². The summed E-state index contributed by atoms with van der Waals surface area (Å²) in [5, 5.41) is 34.3. The monoisotopic (exact) mass is 332 g/mol. The summed E-state index contributed by atoms with van der Waals surface area (Å²) in [5.74, 6) is 0.804. The number of nitrogens with one attached hydrogen (secondary N) is 1. The molecule has 0 amide bonds. The summed E-state index contributed by atoms with van der Waals surface area (Å²) >= 11 is 0. The summed E-state index contributed by atoms with van der Waals surface area (Å²) in [5.41, 5.74) is -2.01. The molecule has 0 aliphatic carbocycles. The third-order valence-corrected chi connectivity index (χ3v) is 4.47. The van der Waals surface area contributed by atoms with Crippen molar-refractivity contribution < 1.29 is 20.1 Å². The highest BCUT2D eigenvalue weighted by atomic mass is 16.6. The van der Waals surface area contributed by atoms with E-state index in [2.05, 4.69) is 15.3 Å². The number of nitrogens with zero attached hydrogens (tertiary/aromatic N) is 3. The molecule has 4 N–H and O–H groups in total. The fourth-order valence-corrected chi connectivity index (χ4v) is 3.23. The zero-order valence-corrected chi connectivity index (χ0v) is 12.7. The summed E-state index contributed by atoms with van der Waals surface area (Å²) in [4.78, 5) is 19.8. The Hall–Kier alpha value is -2.33. The van der Waals surface area contributed by atoms with Crippen LogP contribution < -0.4 is 10.9 Å². The van der Waals surface area contributed by atoms with E-state index in [1.54, 1.807) is 16.8 Å². The van der Waals surface area contributed by atoms with Gasteiger partial charge in [-0.05, 0) is 13.0 Å². The molecule has 0 bridgehead atoms. The zero-order chi connectivity index (χ0) is 17.1. The van der Waals surface area contributed by atoms with E-state index in [1.807, 2.05) is 0 Å². The summed E-state index contributed by atoms with van der Waals surface area (Å²) in [6.45, 7) is 1.02. The number of aliphatic hydroxyl groups is 3. The number of aliphatic hydroxyl groups excluding tert-OH is 2. The molecule has 0 unspecified atom stereocenters. The number of hydrogen-bond acceptors (Lipinski definition) is 8. The lowest BCUT2D eigenvalue weighted by atomic mass is 9.96. The molecule has 24 heavy (non-hydrogen) atoms. The molecule has 1 saturated heterocycles. The molecular formula is C15H16N4O5. The highest BCUT2D eigenvalue weighted by Crippen LogP contribution is 2.44. The van der Waals surface area contributed by atoms with E-state index in [1.165, 1.54) is 19.3 Å². The van der Waals surface area contributed by atoms with Gasteiger partial charge in [-0.25, -0.2) is 4.99 Å². The van der Waals surface area contributed by atoms with Crippen molar-refractivity contribution in [2.75, 3.05) is 11.9 Å². The average Bonchev–Trinajstić information content (AvgIpc) is 2.95. The highest BCUT2D eigenvalue weighted by Gasteiger charge is 2.53. The molecule has 2 aromatic heterocycles. The number of ether oxygens (including phenoxy) is 1. The fraction of sp³-hybridized carbons (Fsp3) is 0.400. The van der Waals surface area contributed by atoms with Crippen molar-refractivity contribution in [3.8, 4) is 0 Å². The summed E-state index contributed by atoms with van der Waals surface area (Å²) in [6, 6.07) is 2.95. The van der Waals surface area contributed by atoms with Gasteiger partial charge in [-0.3, -0.25) is 4.79 Å². The smallest absolute Gasteiger partial charge is 0.271 e. The molecule has 2 aliphatic rings. The van der Waals surface area contributed by atoms with Gasteiger partial charge in [0.1, 0.15) is 29.4 Å². The topological polar surface area (TPSA) is 129 Å². The molecule has 2 aromatic rings. The average molecular weight is 332 g/mol. The number of anilines is 1. The van der Waals surface area contributed by atoms with E-state index >= 15 is 0 Å². The van der Waals surface area contributed by atoms with Crippen molar-refractivity contribution in [1.29, 1.82) is 0 Å². The summed E-state index contributed by atoms with van der Waals surface area (Å²) in [7, 11) is 0. The molecule has 4 atom stereocenters. The SMILES string of the molecule is C[C@@]1(O)[C@H](O)[C@@H](CO)O[C@H]1n1cc2ccc(=O)nc3c2c1N=CN3. The number of aliphatic imine (C=N–C) groups is 1. The van der Waals surface area contributed by atoms with E-state index < -0.39 is 30.6 Å². The molecule has 4 rings (SSSR count). The standard InChI is InChI=1S/C15H16N4O5/c1-15(23)11(22)8(5-20)24-14(15)19-4-7-2-3-9(21)18-12-10(7)13(19)17-6-16-12/h2-4,6,8,11,14,20,22-23H,5H2,1H3,(H,16,17,18,21)/t8-,11-,14-,15-/m1/s1. The van der Waals surface area contributed by atoms with Gasteiger partial charge >= 0.3 is 0 Å². The van der Waals surface area contributed by atoms with Gasteiger partial charge in [0.15, 0.2) is 6.23 Å². The Balaban J connectivity index is 1.94. The van der Waals surface area contributed by atoms with E-state index in [0.29, 0.717) is 22.4 Å². The first kappa shape index (κ1) is 15.2. The van der Waals surface area contributed by atoms with Crippen LogP contribution >= 0.6 is 0 Å². The van der Waals surface area contributed by atoms with Crippen molar-refractivity contribution in [3.63, 3.8) is 0 Å². The lowest BCUT2D eigenvalue weighted by Gasteiger charge is -2.28. The minimum Gasteiger partial charge on any atom is -0.394 e. The number of aromatic nitrogens is 2. The molecule has 1 fully saturated rings. The Morgan fingerprint density at radius 3 is 2.96 bits per heavy atom. The predicted molar refractivity (Wildman–Crippen MR) is 85.4 cm³/mol. The van der Waals surface area contributed by atoms with Crippen LogP contribution in [0.15, 0.2) is 28.1 Å². The second kappa shape index (κ2) is 5.08. The van der Waals surface area contributed by atoms with Gasteiger partial charge in [0, 0.05) is 17.6 Å². The lowest BCUT2D eigenvalue weighted by Crippen LogP contribution is -2.44. The van der Waals surface area contributed by atoms with E-state index in [0.717, 1.165) is 0 Å². The Bertz CT molecular complexity index is 907. The van der Waals surface area contributed by atoms with Crippen LogP contribution in [0.2, 0.25) is 0 Å². The maximum Gasteiger partial charge on any atom is 0.271 e. The molecule has 4 heterocycles. The lowest BCUT2D eigenvalue weighted by molar-refractivity contribution is -0.0955. The van der Waals surface area contributed by atoms with Crippen LogP contribution in [0.1, 0.15) is 13.2 Å².